The Bertz CT molecular complexity index is 1290. The lowest BCUT2D eigenvalue weighted by Gasteiger charge is -2.34. The maximum Gasteiger partial charge on any atom is 0.242 e. The van der Waals surface area contributed by atoms with E-state index in [1.807, 2.05) is 32.4 Å². The van der Waals surface area contributed by atoms with Gasteiger partial charge in [0, 0.05) is 32.4 Å². The van der Waals surface area contributed by atoms with Crippen LogP contribution in [0, 0.1) is 0 Å². The van der Waals surface area contributed by atoms with Gasteiger partial charge < -0.3 is 14.8 Å². The number of carbonyl (C=O) groups is 1. The predicted molar refractivity (Wildman–Crippen MR) is 108 cm³/mol. The third-order valence-electron chi connectivity index (χ3n) is 6.09. The van der Waals surface area contributed by atoms with E-state index < -0.39 is 0 Å². The highest BCUT2D eigenvalue weighted by Crippen LogP contribution is 2.35. The van der Waals surface area contributed by atoms with Crippen molar-refractivity contribution in [3.63, 3.8) is 0 Å². The van der Waals surface area contributed by atoms with Crippen LogP contribution < -0.4 is 10.2 Å². The fourth-order valence-electron chi connectivity index (χ4n) is 4.62. The Morgan fingerprint density at radius 3 is 2.83 bits per heavy atom. The van der Waals surface area contributed by atoms with Crippen LogP contribution >= 0.6 is 0 Å². The van der Waals surface area contributed by atoms with Gasteiger partial charge in [-0.25, -0.2) is 9.97 Å². The number of aryl methyl sites for hydroxylation is 2. The third-order valence-corrected chi connectivity index (χ3v) is 6.09. The fraction of sp³-hybridized carbons (Fsp3) is 0.350. The van der Waals surface area contributed by atoms with E-state index in [1.54, 1.807) is 17.1 Å². The van der Waals surface area contributed by atoms with Gasteiger partial charge in [0.2, 0.25) is 11.9 Å². The van der Waals surface area contributed by atoms with E-state index in [1.165, 1.54) is 0 Å². The molecule has 0 spiro atoms. The average Bonchev–Trinajstić information content (AvgIpc) is 3.39. The largest absolute Gasteiger partial charge is 0.352 e. The second-order valence-electron chi connectivity index (χ2n) is 7.83. The SMILES string of the molecule is Cn1cc(-c2cnc3ccc4c(nc(N5C6CC[C@@H]5C(=O)NC6)n4C)c3n2)cn1. The Morgan fingerprint density at radius 1 is 1.10 bits per heavy atom. The predicted octanol–water partition coefficient (Wildman–Crippen LogP) is 1.38. The summed E-state index contributed by atoms with van der Waals surface area (Å²) in [6.45, 7) is 0.671. The van der Waals surface area contributed by atoms with E-state index in [2.05, 4.69) is 24.9 Å². The van der Waals surface area contributed by atoms with Gasteiger partial charge in [0.25, 0.3) is 0 Å². The first-order chi connectivity index (χ1) is 14.1. The number of rotatable bonds is 2. The first kappa shape index (κ1) is 16.5. The van der Waals surface area contributed by atoms with Crippen molar-refractivity contribution in [2.45, 2.75) is 24.9 Å². The van der Waals surface area contributed by atoms with Gasteiger partial charge in [-0.15, -0.1) is 0 Å². The number of imidazole rings is 1. The van der Waals surface area contributed by atoms with Gasteiger partial charge in [0.1, 0.15) is 17.1 Å². The summed E-state index contributed by atoms with van der Waals surface area (Å²) < 4.78 is 3.81. The minimum absolute atomic E-state index is 0.0920. The molecule has 2 saturated heterocycles. The molecule has 4 aromatic rings. The lowest BCUT2D eigenvalue weighted by atomic mass is 10.2. The molecule has 0 aliphatic carbocycles. The van der Waals surface area contributed by atoms with Crippen molar-refractivity contribution in [3.05, 3.63) is 30.7 Å². The Hall–Kier alpha value is -3.49. The zero-order valence-electron chi connectivity index (χ0n) is 16.2. The van der Waals surface area contributed by atoms with E-state index >= 15 is 0 Å². The smallest absolute Gasteiger partial charge is 0.242 e. The van der Waals surface area contributed by atoms with Crippen LogP contribution in [0.3, 0.4) is 0 Å². The number of nitrogens with zero attached hydrogens (tertiary/aromatic N) is 7. The Morgan fingerprint density at radius 2 is 2.00 bits per heavy atom. The molecule has 2 atom stereocenters. The van der Waals surface area contributed by atoms with Gasteiger partial charge in [-0.2, -0.15) is 5.10 Å². The quantitative estimate of drug-likeness (QED) is 0.558. The summed E-state index contributed by atoms with van der Waals surface area (Å²) in [6.07, 6.45) is 7.34. The number of hydrogen-bond donors (Lipinski definition) is 1. The highest BCUT2D eigenvalue weighted by Gasteiger charge is 2.43. The summed E-state index contributed by atoms with van der Waals surface area (Å²) in [4.78, 5) is 29.0. The molecular formula is C20H20N8O. The zero-order chi connectivity index (χ0) is 19.7. The molecule has 1 N–H and O–H groups in total. The molecule has 2 aliphatic rings. The maximum absolute atomic E-state index is 12.4. The number of benzene rings is 1. The molecule has 1 amide bonds. The van der Waals surface area contributed by atoms with Gasteiger partial charge >= 0.3 is 0 Å². The minimum Gasteiger partial charge on any atom is -0.352 e. The number of aromatic nitrogens is 6. The first-order valence-corrected chi connectivity index (χ1v) is 9.77. The molecule has 29 heavy (non-hydrogen) atoms. The summed E-state index contributed by atoms with van der Waals surface area (Å²) in [5.41, 5.74) is 5.04. The summed E-state index contributed by atoms with van der Waals surface area (Å²) in [5, 5.41) is 7.24. The molecule has 0 radical (unpaired) electrons. The first-order valence-electron chi connectivity index (χ1n) is 9.77. The Labute approximate surface area is 166 Å². The Kier molecular flexibility index (Phi) is 3.27. The lowest BCUT2D eigenvalue weighted by Crippen LogP contribution is -2.56. The third kappa shape index (κ3) is 2.30. The van der Waals surface area contributed by atoms with Gasteiger partial charge in [0.15, 0.2) is 0 Å². The second-order valence-corrected chi connectivity index (χ2v) is 7.83. The van der Waals surface area contributed by atoms with Gasteiger partial charge in [-0.05, 0) is 25.0 Å². The number of fused-ring (bicyclic) bond motifs is 5. The van der Waals surface area contributed by atoms with Gasteiger partial charge in [-0.1, -0.05) is 0 Å². The second kappa shape index (κ2) is 5.76. The van der Waals surface area contributed by atoms with Crippen LogP contribution in [0.5, 0.6) is 0 Å². The molecule has 2 bridgehead atoms. The number of hydrogen-bond acceptors (Lipinski definition) is 6. The molecule has 1 unspecified atom stereocenters. The van der Waals surface area contributed by atoms with Crippen LogP contribution in [-0.4, -0.2) is 53.8 Å². The molecule has 2 fully saturated rings. The van der Waals surface area contributed by atoms with Crippen LogP contribution in [0.15, 0.2) is 30.7 Å². The average molecular weight is 388 g/mol. The summed E-state index contributed by atoms with van der Waals surface area (Å²) in [7, 11) is 3.88. The van der Waals surface area contributed by atoms with Crippen LogP contribution in [0.2, 0.25) is 0 Å². The number of carbonyl (C=O) groups excluding carboxylic acids is 1. The number of anilines is 1. The van der Waals surface area contributed by atoms with Crippen LogP contribution in [-0.2, 0) is 18.9 Å². The Balaban J connectivity index is 1.55. The molecule has 3 aromatic heterocycles. The molecule has 146 valence electrons. The molecule has 1 aromatic carbocycles. The van der Waals surface area contributed by atoms with Gasteiger partial charge in [0.05, 0.1) is 35.2 Å². The van der Waals surface area contributed by atoms with Crippen molar-refractivity contribution in [1.29, 1.82) is 0 Å². The lowest BCUT2D eigenvalue weighted by molar-refractivity contribution is -0.122. The highest BCUT2D eigenvalue weighted by atomic mass is 16.2. The molecular weight excluding hydrogens is 368 g/mol. The topological polar surface area (TPSA) is 93.8 Å². The molecule has 6 rings (SSSR count). The van der Waals surface area contributed by atoms with E-state index in [0.717, 1.165) is 52.1 Å². The van der Waals surface area contributed by atoms with Crippen molar-refractivity contribution < 1.29 is 4.79 Å². The van der Waals surface area contributed by atoms with Crippen LogP contribution in [0.1, 0.15) is 12.8 Å². The fourth-order valence-corrected chi connectivity index (χ4v) is 4.62. The molecule has 9 heteroatoms. The van der Waals surface area contributed by atoms with E-state index in [4.69, 9.17) is 9.97 Å². The number of piperazine rings is 1. The zero-order valence-corrected chi connectivity index (χ0v) is 16.2. The summed E-state index contributed by atoms with van der Waals surface area (Å²) >= 11 is 0. The van der Waals surface area contributed by atoms with Crippen LogP contribution in [0.25, 0.3) is 33.3 Å². The number of nitrogens with one attached hydrogen (secondary N) is 1. The monoisotopic (exact) mass is 388 g/mol. The van der Waals surface area contributed by atoms with E-state index in [0.29, 0.717) is 6.54 Å². The van der Waals surface area contributed by atoms with Crippen molar-refractivity contribution in [2.24, 2.45) is 14.1 Å². The van der Waals surface area contributed by atoms with Crippen molar-refractivity contribution in [3.8, 4) is 11.3 Å². The van der Waals surface area contributed by atoms with Gasteiger partial charge in [-0.3, -0.25) is 14.5 Å². The van der Waals surface area contributed by atoms with E-state index in [-0.39, 0.29) is 18.0 Å². The summed E-state index contributed by atoms with van der Waals surface area (Å²) in [6, 6.07) is 4.14. The molecule has 9 nitrogen and oxygen atoms in total. The van der Waals surface area contributed by atoms with Crippen molar-refractivity contribution in [2.75, 3.05) is 11.4 Å². The summed E-state index contributed by atoms with van der Waals surface area (Å²) in [5.74, 6) is 0.915. The molecule has 5 heterocycles. The minimum atomic E-state index is -0.146. The van der Waals surface area contributed by atoms with E-state index in [9.17, 15) is 4.79 Å². The maximum atomic E-state index is 12.4. The van der Waals surface area contributed by atoms with Crippen LogP contribution in [0.4, 0.5) is 5.95 Å². The van der Waals surface area contributed by atoms with Crippen molar-refractivity contribution in [1.82, 2.24) is 34.6 Å². The standard InChI is InChI=1S/C20H20N8O/c1-26-10-11(7-23-26)14-9-21-13-4-6-15-18(17(13)24-14)25-20(27(15)2)28-12-3-5-16(28)19(29)22-8-12/h4,6-7,9-10,12,16H,3,5,8H2,1-2H3,(H,22,29)/t12?,16-/m1/s1. The molecule has 0 saturated carbocycles. The van der Waals surface area contributed by atoms with Crippen molar-refractivity contribution >= 4 is 33.9 Å². The highest BCUT2D eigenvalue weighted by molar-refractivity contribution is 6.02. The number of amides is 1. The molecule has 2 aliphatic heterocycles. The normalized spacial score (nSPS) is 21.3.